The molecular weight excluding hydrogens is 136 g/mol. The number of nitrogens with one attached hydrogen (secondary N) is 1. The second-order valence-corrected chi connectivity index (χ2v) is 3.51. The summed E-state index contributed by atoms with van der Waals surface area (Å²) in [5.41, 5.74) is 0. The maximum absolute atomic E-state index is 3.31. The molecule has 0 saturated heterocycles. The van der Waals surface area contributed by atoms with Gasteiger partial charge in [-0.05, 0) is 19.5 Å². The normalized spacial score (nSPS) is 11.5. The van der Waals surface area contributed by atoms with Gasteiger partial charge in [0.15, 0.2) is 0 Å². The van der Waals surface area contributed by atoms with Gasteiger partial charge in [-0.25, -0.2) is 0 Å². The second-order valence-electron chi connectivity index (χ2n) is 3.51. The first kappa shape index (κ1) is 10.9. The van der Waals surface area contributed by atoms with Crippen LogP contribution in [0.15, 0.2) is 0 Å². The molecule has 2 heteroatoms. The van der Waals surface area contributed by atoms with Gasteiger partial charge < -0.3 is 10.2 Å². The molecule has 0 unspecified atom stereocenters. The summed E-state index contributed by atoms with van der Waals surface area (Å²) in [6.07, 6.45) is 0. The molecule has 0 bridgehead atoms. The van der Waals surface area contributed by atoms with E-state index in [9.17, 15) is 0 Å². The van der Waals surface area contributed by atoms with E-state index in [1.165, 1.54) is 6.54 Å². The van der Waals surface area contributed by atoms with Crippen LogP contribution >= 0.6 is 0 Å². The maximum Gasteiger partial charge on any atom is 0.0104 e. The molecule has 0 aliphatic heterocycles. The van der Waals surface area contributed by atoms with Crippen molar-refractivity contribution < 1.29 is 0 Å². The van der Waals surface area contributed by atoms with Crippen LogP contribution in [0.4, 0.5) is 0 Å². The Morgan fingerprint density at radius 2 is 2.00 bits per heavy atom. The lowest BCUT2D eigenvalue weighted by atomic mass is 10.2. The highest BCUT2D eigenvalue weighted by Gasteiger charge is 1.99. The minimum Gasteiger partial charge on any atom is -0.316 e. The smallest absolute Gasteiger partial charge is 0.0104 e. The zero-order valence-electron chi connectivity index (χ0n) is 8.35. The van der Waals surface area contributed by atoms with Crippen LogP contribution in [0.5, 0.6) is 0 Å². The van der Waals surface area contributed by atoms with Crippen LogP contribution in [0.25, 0.3) is 0 Å². The van der Waals surface area contributed by atoms with Crippen molar-refractivity contribution in [1.29, 1.82) is 0 Å². The summed E-state index contributed by atoms with van der Waals surface area (Å²) < 4.78 is 0. The van der Waals surface area contributed by atoms with Crippen LogP contribution in [0.1, 0.15) is 20.8 Å². The first-order chi connectivity index (χ1) is 5.16. The van der Waals surface area contributed by atoms with E-state index in [1.807, 2.05) is 0 Å². The van der Waals surface area contributed by atoms with E-state index in [-0.39, 0.29) is 0 Å². The molecule has 0 fully saturated rings. The highest BCUT2D eigenvalue weighted by molar-refractivity contribution is 4.55. The predicted molar refractivity (Wildman–Crippen MR) is 50.9 cm³/mol. The van der Waals surface area contributed by atoms with Gasteiger partial charge in [-0.15, -0.1) is 0 Å². The third-order valence-electron chi connectivity index (χ3n) is 1.60. The molecule has 0 radical (unpaired) electrons. The fourth-order valence-electron chi connectivity index (χ4n) is 1.16. The van der Waals surface area contributed by atoms with Crippen molar-refractivity contribution in [1.82, 2.24) is 10.2 Å². The minimum absolute atomic E-state index is 0.779. The van der Waals surface area contributed by atoms with Gasteiger partial charge in [-0.1, -0.05) is 20.8 Å². The molecular formula is C9H22N2. The van der Waals surface area contributed by atoms with Crippen LogP contribution in [0.3, 0.4) is 0 Å². The summed E-state index contributed by atoms with van der Waals surface area (Å²) in [6, 6.07) is 0. The Bertz CT molecular complexity index is 81.6. The summed E-state index contributed by atoms with van der Waals surface area (Å²) in [5, 5.41) is 3.31. The number of rotatable bonds is 6. The Kier molecular flexibility index (Phi) is 6.57. The van der Waals surface area contributed by atoms with Gasteiger partial charge >= 0.3 is 0 Å². The molecule has 1 N–H and O–H groups in total. The Labute approximate surface area is 71.0 Å². The summed E-state index contributed by atoms with van der Waals surface area (Å²) in [7, 11) is 2.18. The molecule has 0 rings (SSSR count). The Morgan fingerprint density at radius 3 is 2.45 bits per heavy atom. The monoisotopic (exact) mass is 158 g/mol. The van der Waals surface area contributed by atoms with Crippen LogP contribution in [-0.4, -0.2) is 38.1 Å². The molecule has 0 aromatic heterocycles. The van der Waals surface area contributed by atoms with E-state index >= 15 is 0 Å². The van der Waals surface area contributed by atoms with Gasteiger partial charge in [-0.2, -0.15) is 0 Å². The molecule has 0 atom stereocenters. The molecule has 68 valence electrons. The zero-order valence-corrected chi connectivity index (χ0v) is 8.35. The topological polar surface area (TPSA) is 15.3 Å². The van der Waals surface area contributed by atoms with Gasteiger partial charge in [0, 0.05) is 19.6 Å². The van der Waals surface area contributed by atoms with Crippen LogP contribution < -0.4 is 5.32 Å². The molecule has 0 aromatic rings. The van der Waals surface area contributed by atoms with Gasteiger partial charge in [0.2, 0.25) is 0 Å². The van der Waals surface area contributed by atoms with Gasteiger partial charge in [0.25, 0.3) is 0 Å². The van der Waals surface area contributed by atoms with Gasteiger partial charge in [0.05, 0.1) is 0 Å². The summed E-state index contributed by atoms with van der Waals surface area (Å²) in [4.78, 5) is 2.37. The SMILES string of the molecule is CCNCCN(C)CC(C)C. The lowest BCUT2D eigenvalue weighted by Gasteiger charge is -2.18. The molecule has 0 aliphatic carbocycles. The van der Waals surface area contributed by atoms with Crippen LogP contribution in [-0.2, 0) is 0 Å². The molecule has 0 saturated carbocycles. The number of hydrogen-bond donors (Lipinski definition) is 1. The fourth-order valence-corrected chi connectivity index (χ4v) is 1.16. The quantitative estimate of drug-likeness (QED) is 0.584. The zero-order chi connectivity index (χ0) is 8.69. The van der Waals surface area contributed by atoms with E-state index in [4.69, 9.17) is 0 Å². The third-order valence-corrected chi connectivity index (χ3v) is 1.60. The van der Waals surface area contributed by atoms with E-state index in [0.29, 0.717) is 0 Å². The molecule has 0 amide bonds. The van der Waals surface area contributed by atoms with Gasteiger partial charge in [0.1, 0.15) is 0 Å². The van der Waals surface area contributed by atoms with Crippen LogP contribution in [0.2, 0.25) is 0 Å². The highest BCUT2D eigenvalue weighted by atomic mass is 15.1. The molecule has 11 heavy (non-hydrogen) atoms. The first-order valence-electron chi connectivity index (χ1n) is 4.56. The standard InChI is InChI=1S/C9H22N2/c1-5-10-6-7-11(4)8-9(2)3/h9-10H,5-8H2,1-4H3. The molecule has 0 heterocycles. The van der Waals surface area contributed by atoms with Crippen molar-refractivity contribution in [3.8, 4) is 0 Å². The number of likely N-dealkylation sites (N-methyl/N-ethyl adjacent to an activating group) is 2. The highest BCUT2D eigenvalue weighted by Crippen LogP contribution is 1.93. The Hall–Kier alpha value is -0.0800. The second kappa shape index (κ2) is 6.62. The van der Waals surface area contributed by atoms with Crippen molar-refractivity contribution in [2.75, 3.05) is 33.2 Å². The lowest BCUT2D eigenvalue weighted by Crippen LogP contribution is -2.31. The first-order valence-corrected chi connectivity index (χ1v) is 4.56. The Morgan fingerprint density at radius 1 is 1.36 bits per heavy atom. The fraction of sp³-hybridized carbons (Fsp3) is 1.00. The van der Waals surface area contributed by atoms with E-state index < -0.39 is 0 Å². The summed E-state index contributed by atoms with van der Waals surface area (Å²) in [6.45, 7) is 11.2. The predicted octanol–water partition coefficient (Wildman–Crippen LogP) is 1.18. The number of hydrogen-bond acceptors (Lipinski definition) is 2. The minimum atomic E-state index is 0.779. The molecule has 0 aliphatic rings. The lowest BCUT2D eigenvalue weighted by molar-refractivity contribution is 0.295. The average Bonchev–Trinajstić information content (AvgIpc) is 1.86. The summed E-state index contributed by atoms with van der Waals surface area (Å²) >= 11 is 0. The van der Waals surface area contributed by atoms with E-state index in [1.54, 1.807) is 0 Å². The van der Waals surface area contributed by atoms with Crippen molar-refractivity contribution >= 4 is 0 Å². The molecule has 0 spiro atoms. The largest absolute Gasteiger partial charge is 0.316 e. The van der Waals surface area contributed by atoms with Crippen molar-refractivity contribution in [3.63, 3.8) is 0 Å². The average molecular weight is 158 g/mol. The maximum atomic E-state index is 3.31. The summed E-state index contributed by atoms with van der Waals surface area (Å²) in [5.74, 6) is 0.779. The number of nitrogens with zero attached hydrogens (tertiary/aromatic N) is 1. The van der Waals surface area contributed by atoms with Gasteiger partial charge in [-0.3, -0.25) is 0 Å². The van der Waals surface area contributed by atoms with Crippen molar-refractivity contribution in [2.24, 2.45) is 5.92 Å². The van der Waals surface area contributed by atoms with E-state index in [0.717, 1.165) is 25.6 Å². The van der Waals surface area contributed by atoms with Crippen LogP contribution in [0, 0.1) is 5.92 Å². The van der Waals surface area contributed by atoms with Crippen molar-refractivity contribution in [2.45, 2.75) is 20.8 Å². The third kappa shape index (κ3) is 7.82. The van der Waals surface area contributed by atoms with Crippen molar-refractivity contribution in [3.05, 3.63) is 0 Å². The van der Waals surface area contributed by atoms with E-state index in [2.05, 4.69) is 38.0 Å². The molecule has 0 aromatic carbocycles. The molecule has 2 nitrogen and oxygen atoms in total. The Balaban J connectivity index is 3.15.